The molecular weight excluding hydrogens is 340 g/mol. The molecule has 23 heavy (non-hydrogen) atoms. The number of rotatable bonds is 6. The highest BCUT2D eigenvalue weighted by atomic mass is 35.5. The van der Waals surface area contributed by atoms with E-state index in [1.165, 1.54) is 6.07 Å². The Kier molecular flexibility index (Phi) is 5.43. The molecule has 2 unspecified atom stereocenters. The number of halogens is 1. The third-order valence-corrected chi connectivity index (χ3v) is 5.85. The van der Waals surface area contributed by atoms with E-state index in [1.807, 2.05) is 0 Å². The van der Waals surface area contributed by atoms with Crippen LogP contribution in [0.4, 0.5) is 0 Å². The van der Waals surface area contributed by atoms with Crippen molar-refractivity contribution >= 4 is 21.6 Å². The lowest BCUT2D eigenvalue weighted by molar-refractivity contribution is 0.166. The predicted octanol–water partition coefficient (Wildman–Crippen LogP) is 1.40. The molecule has 2 N–H and O–H groups in total. The maximum atomic E-state index is 12.7. The van der Waals surface area contributed by atoms with Gasteiger partial charge in [0.15, 0.2) is 0 Å². The molecule has 0 aromatic heterocycles. The molecule has 8 heteroatoms. The maximum Gasteiger partial charge on any atom is 0.244 e. The van der Waals surface area contributed by atoms with Gasteiger partial charge in [-0.3, -0.25) is 0 Å². The van der Waals surface area contributed by atoms with Gasteiger partial charge in [-0.25, -0.2) is 13.1 Å². The molecule has 0 radical (unpaired) electrons. The SMILES string of the molecule is O=S(=O)(NC1CCNC1)c1cc(Cl)ccc1OCC1CCOC1. The number of nitrogens with one attached hydrogen (secondary N) is 2. The zero-order valence-corrected chi connectivity index (χ0v) is 14.3. The second-order valence-corrected chi connectivity index (χ2v) is 8.06. The van der Waals surface area contributed by atoms with E-state index >= 15 is 0 Å². The molecule has 3 rings (SSSR count). The fourth-order valence-corrected chi connectivity index (χ4v) is 4.45. The van der Waals surface area contributed by atoms with Gasteiger partial charge in [-0.05, 0) is 37.6 Å². The highest BCUT2D eigenvalue weighted by molar-refractivity contribution is 7.89. The zero-order chi connectivity index (χ0) is 16.3. The fraction of sp³-hybridized carbons (Fsp3) is 0.600. The van der Waals surface area contributed by atoms with Gasteiger partial charge in [0.2, 0.25) is 10.0 Å². The summed E-state index contributed by atoms with van der Waals surface area (Å²) in [7, 11) is -3.67. The lowest BCUT2D eigenvalue weighted by atomic mass is 10.1. The van der Waals surface area contributed by atoms with Crippen LogP contribution in [0.2, 0.25) is 5.02 Å². The minimum Gasteiger partial charge on any atom is -0.492 e. The molecule has 2 saturated heterocycles. The van der Waals surface area contributed by atoms with Crippen LogP contribution in [-0.4, -0.2) is 47.4 Å². The summed E-state index contributed by atoms with van der Waals surface area (Å²) < 4.78 is 39.1. The summed E-state index contributed by atoms with van der Waals surface area (Å²) in [5.74, 6) is 0.632. The molecule has 0 bridgehead atoms. The molecule has 2 aliphatic heterocycles. The minimum atomic E-state index is -3.67. The Balaban J connectivity index is 1.76. The average Bonchev–Trinajstić information content (AvgIpc) is 3.19. The van der Waals surface area contributed by atoms with Crippen molar-refractivity contribution in [3.63, 3.8) is 0 Å². The van der Waals surface area contributed by atoms with Crippen LogP contribution in [0.25, 0.3) is 0 Å². The molecule has 2 aliphatic rings. The van der Waals surface area contributed by atoms with E-state index in [4.69, 9.17) is 21.1 Å². The van der Waals surface area contributed by atoms with Gasteiger partial charge in [-0.1, -0.05) is 11.6 Å². The lowest BCUT2D eigenvalue weighted by Gasteiger charge is -2.17. The van der Waals surface area contributed by atoms with Crippen molar-refractivity contribution in [3.05, 3.63) is 23.2 Å². The van der Waals surface area contributed by atoms with Crippen LogP contribution in [0, 0.1) is 5.92 Å². The molecular formula is C15H21ClN2O4S. The second kappa shape index (κ2) is 7.36. The molecule has 0 aliphatic carbocycles. The Labute approximate surface area is 141 Å². The molecule has 1 aromatic carbocycles. The number of hydrogen-bond acceptors (Lipinski definition) is 5. The van der Waals surface area contributed by atoms with E-state index in [0.29, 0.717) is 36.4 Å². The Morgan fingerprint density at radius 1 is 1.39 bits per heavy atom. The normalized spacial score (nSPS) is 24.9. The molecule has 128 valence electrons. The van der Waals surface area contributed by atoms with Gasteiger partial charge < -0.3 is 14.8 Å². The summed E-state index contributed by atoms with van der Waals surface area (Å²) in [6.07, 6.45) is 1.71. The highest BCUT2D eigenvalue weighted by Crippen LogP contribution is 2.28. The number of sulfonamides is 1. The van der Waals surface area contributed by atoms with E-state index in [9.17, 15) is 8.42 Å². The Morgan fingerprint density at radius 2 is 2.26 bits per heavy atom. The van der Waals surface area contributed by atoms with Crippen molar-refractivity contribution in [2.45, 2.75) is 23.8 Å². The van der Waals surface area contributed by atoms with E-state index in [-0.39, 0.29) is 10.9 Å². The van der Waals surface area contributed by atoms with Crippen LogP contribution in [0.3, 0.4) is 0 Å². The van der Waals surface area contributed by atoms with Crippen LogP contribution < -0.4 is 14.8 Å². The minimum absolute atomic E-state index is 0.0933. The summed E-state index contributed by atoms with van der Waals surface area (Å²) in [6, 6.07) is 4.58. The Morgan fingerprint density at radius 3 is 2.96 bits per heavy atom. The quantitative estimate of drug-likeness (QED) is 0.801. The van der Waals surface area contributed by atoms with Crippen molar-refractivity contribution < 1.29 is 17.9 Å². The predicted molar refractivity (Wildman–Crippen MR) is 87.5 cm³/mol. The largest absolute Gasteiger partial charge is 0.492 e. The van der Waals surface area contributed by atoms with E-state index < -0.39 is 10.0 Å². The number of ether oxygens (including phenoxy) is 2. The standard InChI is InChI=1S/C15H21ClN2O4S/c16-12-1-2-14(22-10-11-4-6-21-9-11)15(7-12)23(19,20)18-13-3-5-17-8-13/h1-2,7,11,13,17-18H,3-6,8-10H2. The highest BCUT2D eigenvalue weighted by Gasteiger charge is 2.26. The van der Waals surface area contributed by atoms with Crippen LogP contribution in [0.15, 0.2) is 23.1 Å². The second-order valence-electron chi connectivity index (χ2n) is 5.94. The van der Waals surface area contributed by atoms with Gasteiger partial charge in [0.25, 0.3) is 0 Å². The Bertz CT molecular complexity index is 641. The first kappa shape index (κ1) is 17.0. The van der Waals surface area contributed by atoms with Gasteiger partial charge in [-0.2, -0.15) is 0 Å². The molecule has 2 fully saturated rings. The number of benzene rings is 1. The van der Waals surface area contributed by atoms with E-state index in [2.05, 4.69) is 10.0 Å². The van der Waals surface area contributed by atoms with Crippen molar-refractivity contribution in [1.29, 1.82) is 0 Å². The fourth-order valence-electron chi connectivity index (χ4n) is 2.77. The van der Waals surface area contributed by atoms with Gasteiger partial charge in [0.1, 0.15) is 10.6 Å². The zero-order valence-electron chi connectivity index (χ0n) is 12.8. The first-order valence-corrected chi connectivity index (χ1v) is 9.64. The molecule has 6 nitrogen and oxygen atoms in total. The van der Waals surface area contributed by atoms with Crippen molar-refractivity contribution in [3.8, 4) is 5.75 Å². The summed E-state index contributed by atoms with van der Waals surface area (Å²) in [5.41, 5.74) is 0. The lowest BCUT2D eigenvalue weighted by Crippen LogP contribution is -2.36. The molecule has 0 saturated carbocycles. The van der Waals surface area contributed by atoms with Crippen molar-refractivity contribution in [2.24, 2.45) is 5.92 Å². The summed E-state index contributed by atoms with van der Waals surface area (Å²) >= 11 is 5.99. The average molecular weight is 361 g/mol. The van der Waals surface area contributed by atoms with E-state index in [0.717, 1.165) is 26.0 Å². The molecule has 2 atom stereocenters. The van der Waals surface area contributed by atoms with Gasteiger partial charge in [0, 0.05) is 30.1 Å². The maximum absolute atomic E-state index is 12.7. The smallest absolute Gasteiger partial charge is 0.244 e. The third kappa shape index (κ3) is 4.36. The number of hydrogen-bond donors (Lipinski definition) is 2. The van der Waals surface area contributed by atoms with E-state index in [1.54, 1.807) is 12.1 Å². The molecule has 0 amide bonds. The monoisotopic (exact) mass is 360 g/mol. The first-order valence-electron chi connectivity index (χ1n) is 7.78. The van der Waals surface area contributed by atoms with Crippen LogP contribution in [0.5, 0.6) is 5.75 Å². The summed E-state index contributed by atoms with van der Waals surface area (Å²) in [6.45, 7) is 3.27. The third-order valence-electron chi connectivity index (χ3n) is 4.08. The Hall–Kier alpha value is -0.860. The molecule has 2 heterocycles. The van der Waals surface area contributed by atoms with Crippen molar-refractivity contribution in [2.75, 3.05) is 32.9 Å². The van der Waals surface area contributed by atoms with Gasteiger partial charge in [-0.15, -0.1) is 0 Å². The molecule has 1 aromatic rings. The topological polar surface area (TPSA) is 76.7 Å². The van der Waals surface area contributed by atoms with Gasteiger partial charge in [0.05, 0.1) is 13.2 Å². The summed E-state index contributed by atoms with van der Waals surface area (Å²) in [5, 5.41) is 3.50. The molecule has 0 spiro atoms. The van der Waals surface area contributed by atoms with Gasteiger partial charge >= 0.3 is 0 Å². The van der Waals surface area contributed by atoms with Crippen molar-refractivity contribution in [1.82, 2.24) is 10.0 Å². The van der Waals surface area contributed by atoms with Crippen LogP contribution >= 0.6 is 11.6 Å². The van der Waals surface area contributed by atoms with Crippen LogP contribution in [-0.2, 0) is 14.8 Å². The van der Waals surface area contributed by atoms with Crippen LogP contribution in [0.1, 0.15) is 12.8 Å². The first-order chi connectivity index (χ1) is 11.0. The summed E-state index contributed by atoms with van der Waals surface area (Å²) in [4.78, 5) is 0.0933.